The third-order valence-electron chi connectivity index (χ3n) is 3.61. The van der Waals surface area contributed by atoms with Crippen LogP contribution < -0.4 is 9.47 Å². The first kappa shape index (κ1) is 14.9. The molecule has 3 aromatic rings. The first-order valence-corrected chi connectivity index (χ1v) is 7.13. The van der Waals surface area contributed by atoms with Crippen LogP contribution in [0.5, 0.6) is 11.5 Å². The summed E-state index contributed by atoms with van der Waals surface area (Å²) in [6.45, 7) is 0. The van der Waals surface area contributed by atoms with E-state index in [9.17, 15) is 4.79 Å². The smallest absolute Gasteiger partial charge is 0.153 e. The Morgan fingerprint density at radius 2 is 1.35 bits per heavy atom. The topological polar surface area (TPSA) is 48.7 Å². The van der Waals surface area contributed by atoms with Gasteiger partial charge in [0.25, 0.3) is 0 Å². The monoisotopic (exact) mass is 308 g/mol. The van der Waals surface area contributed by atoms with Gasteiger partial charge in [-0.2, -0.15) is 0 Å². The maximum absolute atomic E-state index is 11.4. The van der Waals surface area contributed by atoms with Gasteiger partial charge in [-0.1, -0.05) is 0 Å². The van der Waals surface area contributed by atoms with E-state index in [2.05, 4.69) is 0 Å². The predicted molar refractivity (Wildman–Crippen MR) is 88.1 cm³/mol. The largest absolute Gasteiger partial charge is 0.497 e. The molecule has 0 amide bonds. The van der Waals surface area contributed by atoms with Gasteiger partial charge in [-0.15, -0.1) is 0 Å². The summed E-state index contributed by atoms with van der Waals surface area (Å²) < 4.78 is 16.2. The minimum Gasteiger partial charge on any atom is -0.497 e. The summed E-state index contributed by atoms with van der Waals surface area (Å²) in [5.41, 5.74) is 2.22. The Morgan fingerprint density at radius 3 is 1.83 bits per heavy atom. The summed E-state index contributed by atoms with van der Waals surface area (Å²) in [4.78, 5) is 11.4. The van der Waals surface area contributed by atoms with Crippen LogP contribution in [0.25, 0.3) is 22.6 Å². The molecule has 116 valence electrons. The zero-order valence-corrected chi connectivity index (χ0v) is 12.9. The van der Waals surface area contributed by atoms with Gasteiger partial charge in [0.2, 0.25) is 0 Å². The highest BCUT2D eigenvalue weighted by Crippen LogP contribution is 2.33. The molecule has 2 aromatic carbocycles. The Balaban J connectivity index is 2.00. The standard InChI is InChI=1S/C19H16O4/c1-21-16-7-3-13(4-8-16)18-11-15(12-20)19(23-18)14-5-9-17(22-2)10-6-14/h3-12H,1-2H3. The molecule has 0 radical (unpaired) electrons. The summed E-state index contributed by atoms with van der Waals surface area (Å²) in [6.07, 6.45) is 0.802. The molecule has 0 spiro atoms. The van der Waals surface area contributed by atoms with E-state index in [1.807, 2.05) is 48.5 Å². The molecule has 1 aromatic heterocycles. The van der Waals surface area contributed by atoms with Gasteiger partial charge in [0.1, 0.15) is 23.0 Å². The summed E-state index contributed by atoms with van der Waals surface area (Å²) in [6, 6.07) is 16.6. The van der Waals surface area contributed by atoms with Crippen LogP contribution in [0.2, 0.25) is 0 Å². The zero-order chi connectivity index (χ0) is 16.2. The predicted octanol–water partition coefficient (Wildman–Crippen LogP) is 4.44. The van der Waals surface area contributed by atoms with Gasteiger partial charge in [-0.05, 0) is 54.6 Å². The number of carbonyl (C=O) groups is 1. The van der Waals surface area contributed by atoms with Crippen molar-refractivity contribution >= 4 is 6.29 Å². The van der Waals surface area contributed by atoms with Crippen LogP contribution in [-0.4, -0.2) is 20.5 Å². The van der Waals surface area contributed by atoms with Crippen LogP contribution >= 0.6 is 0 Å². The van der Waals surface area contributed by atoms with E-state index >= 15 is 0 Å². The third-order valence-corrected chi connectivity index (χ3v) is 3.61. The Bertz CT molecular complexity index is 798. The molecule has 0 atom stereocenters. The van der Waals surface area contributed by atoms with Crippen molar-refractivity contribution in [3.63, 3.8) is 0 Å². The second kappa shape index (κ2) is 6.40. The lowest BCUT2D eigenvalue weighted by Gasteiger charge is -2.02. The lowest BCUT2D eigenvalue weighted by atomic mass is 10.1. The molecule has 1 heterocycles. The molecule has 0 fully saturated rings. The van der Waals surface area contributed by atoms with Crippen molar-refractivity contribution in [3.05, 3.63) is 60.2 Å². The number of benzene rings is 2. The maximum atomic E-state index is 11.4. The lowest BCUT2D eigenvalue weighted by Crippen LogP contribution is -1.84. The van der Waals surface area contributed by atoms with Gasteiger partial charge in [0.05, 0.1) is 19.8 Å². The Hall–Kier alpha value is -3.01. The molecule has 0 saturated carbocycles. The number of hydrogen-bond donors (Lipinski definition) is 0. The number of ether oxygens (including phenoxy) is 2. The van der Waals surface area contributed by atoms with Crippen LogP contribution in [0.3, 0.4) is 0 Å². The summed E-state index contributed by atoms with van der Waals surface area (Å²) in [7, 11) is 3.23. The molecule has 4 nitrogen and oxygen atoms in total. The number of furan rings is 1. The van der Waals surface area contributed by atoms with Gasteiger partial charge in [0.15, 0.2) is 6.29 Å². The van der Waals surface area contributed by atoms with Crippen LogP contribution in [0.15, 0.2) is 59.0 Å². The Morgan fingerprint density at radius 1 is 0.826 bits per heavy atom. The molecule has 3 rings (SSSR count). The first-order valence-electron chi connectivity index (χ1n) is 7.13. The summed E-state index contributed by atoms with van der Waals surface area (Å²) >= 11 is 0. The molecule has 0 saturated heterocycles. The first-order chi connectivity index (χ1) is 11.2. The van der Waals surface area contributed by atoms with E-state index in [-0.39, 0.29) is 0 Å². The lowest BCUT2D eigenvalue weighted by molar-refractivity contribution is 0.112. The van der Waals surface area contributed by atoms with Crippen molar-refractivity contribution in [1.82, 2.24) is 0 Å². The molecule has 23 heavy (non-hydrogen) atoms. The minimum atomic E-state index is 0.515. The molecular formula is C19H16O4. The highest BCUT2D eigenvalue weighted by atomic mass is 16.5. The zero-order valence-electron chi connectivity index (χ0n) is 12.9. The fourth-order valence-corrected chi connectivity index (χ4v) is 2.36. The van der Waals surface area contributed by atoms with Gasteiger partial charge in [0, 0.05) is 11.1 Å². The van der Waals surface area contributed by atoms with Crippen molar-refractivity contribution in [2.75, 3.05) is 14.2 Å². The van der Waals surface area contributed by atoms with E-state index < -0.39 is 0 Å². The minimum absolute atomic E-state index is 0.515. The van der Waals surface area contributed by atoms with Crippen molar-refractivity contribution in [2.24, 2.45) is 0 Å². The van der Waals surface area contributed by atoms with Crippen molar-refractivity contribution in [2.45, 2.75) is 0 Å². The number of methoxy groups -OCH3 is 2. The summed E-state index contributed by atoms with van der Waals surface area (Å²) in [5, 5.41) is 0. The van der Waals surface area contributed by atoms with Gasteiger partial charge >= 0.3 is 0 Å². The molecular weight excluding hydrogens is 292 g/mol. The average molecular weight is 308 g/mol. The highest BCUT2D eigenvalue weighted by molar-refractivity contribution is 5.87. The van der Waals surface area contributed by atoms with Gasteiger partial charge < -0.3 is 13.9 Å². The maximum Gasteiger partial charge on any atom is 0.153 e. The number of carbonyl (C=O) groups excluding carboxylic acids is 1. The number of aldehydes is 1. The Kier molecular flexibility index (Phi) is 4.15. The van der Waals surface area contributed by atoms with Crippen LogP contribution in [0.4, 0.5) is 0 Å². The third kappa shape index (κ3) is 2.97. The van der Waals surface area contributed by atoms with Crippen LogP contribution in [-0.2, 0) is 0 Å². The van der Waals surface area contributed by atoms with E-state index in [0.717, 1.165) is 28.9 Å². The fraction of sp³-hybridized carbons (Fsp3) is 0.105. The van der Waals surface area contributed by atoms with Crippen LogP contribution in [0, 0.1) is 0 Å². The second-order valence-electron chi connectivity index (χ2n) is 4.97. The number of rotatable bonds is 5. The molecule has 0 aliphatic carbocycles. The molecule has 0 N–H and O–H groups in total. The van der Waals surface area contributed by atoms with Crippen LogP contribution in [0.1, 0.15) is 10.4 Å². The molecule has 0 aliphatic rings. The van der Waals surface area contributed by atoms with E-state index in [4.69, 9.17) is 13.9 Å². The highest BCUT2D eigenvalue weighted by Gasteiger charge is 2.14. The fourth-order valence-electron chi connectivity index (χ4n) is 2.36. The van der Waals surface area contributed by atoms with E-state index in [1.165, 1.54) is 0 Å². The molecule has 0 bridgehead atoms. The Labute approximate surface area is 134 Å². The van der Waals surface area contributed by atoms with Gasteiger partial charge in [-0.3, -0.25) is 4.79 Å². The van der Waals surface area contributed by atoms with Crippen molar-refractivity contribution < 1.29 is 18.7 Å². The molecule has 0 aliphatic heterocycles. The van der Waals surface area contributed by atoms with Gasteiger partial charge in [-0.25, -0.2) is 0 Å². The SMILES string of the molecule is COc1ccc(-c2cc(C=O)c(-c3ccc(OC)cc3)o2)cc1. The average Bonchev–Trinajstić information content (AvgIpc) is 3.06. The summed E-state index contributed by atoms with van der Waals surface area (Å²) in [5.74, 6) is 2.71. The quantitative estimate of drug-likeness (QED) is 0.654. The molecule has 0 unspecified atom stereocenters. The van der Waals surface area contributed by atoms with E-state index in [0.29, 0.717) is 17.1 Å². The molecule has 4 heteroatoms. The van der Waals surface area contributed by atoms with Crippen molar-refractivity contribution in [1.29, 1.82) is 0 Å². The van der Waals surface area contributed by atoms with Crippen molar-refractivity contribution in [3.8, 4) is 34.1 Å². The normalized spacial score (nSPS) is 10.3. The second-order valence-corrected chi connectivity index (χ2v) is 4.97. The number of hydrogen-bond acceptors (Lipinski definition) is 4. The van der Waals surface area contributed by atoms with E-state index in [1.54, 1.807) is 20.3 Å².